The van der Waals surface area contributed by atoms with Gasteiger partial charge in [-0.3, -0.25) is 14.9 Å². The molecule has 0 saturated carbocycles. The first kappa shape index (κ1) is 19.1. The summed E-state index contributed by atoms with van der Waals surface area (Å²) in [4.78, 5) is 27.1. The number of aromatic nitrogens is 2. The van der Waals surface area contributed by atoms with Gasteiger partial charge in [0.15, 0.2) is 0 Å². The standard InChI is InChI=1S/C20H20N4O4/c1-14-4-3-5-15(2)19(14)28-11-9-22-20(25)16-6-7-17(18(12-16)24(26)27)23-10-8-21-13-23/h3-8,10,12-13H,9,11H2,1-2H3,(H,22,25). The zero-order chi connectivity index (χ0) is 20.1. The van der Waals surface area contributed by atoms with Gasteiger partial charge < -0.3 is 14.6 Å². The Morgan fingerprint density at radius 2 is 2.00 bits per heavy atom. The highest BCUT2D eigenvalue weighted by atomic mass is 16.6. The molecule has 0 aliphatic heterocycles. The van der Waals surface area contributed by atoms with E-state index in [4.69, 9.17) is 4.74 Å². The number of amides is 1. The molecule has 0 aliphatic rings. The predicted octanol–water partition coefficient (Wildman–Crippen LogP) is 3.21. The smallest absolute Gasteiger partial charge is 0.294 e. The summed E-state index contributed by atoms with van der Waals surface area (Å²) in [6.45, 7) is 4.50. The van der Waals surface area contributed by atoms with E-state index in [2.05, 4.69) is 10.3 Å². The summed E-state index contributed by atoms with van der Waals surface area (Å²) in [5.41, 5.74) is 2.44. The quantitative estimate of drug-likeness (QED) is 0.385. The van der Waals surface area contributed by atoms with Crippen molar-refractivity contribution in [2.75, 3.05) is 13.2 Å². The van der Waals surface area contributed by atoms with Crippen LogP contribution < -0.4 is 10.1 Å². The Morgan fingerprint density at radius 1 is 1.25 bits per heavy atom. The molecule has 0 aliphatic carbocycles. The molecule has 0 fully saturated rings. The van der Waals surface area contributed by atoms with Crippen LogP contribution in [-0.4, -0.2) is 33.5 Å². The van der Waals surface area contributed by atoms with Gasteiger partial charge in [0, 0.05) is 24.0 Å². The average molecular weight is 380 g/mol. The molecule has 0 spiro atoms. The molecular formula is C20H20N4O4. The van der Waals surface area contributed by atoms with E-state index in [1.165, 1.54) is 29.2 Å². The maximum Gasteiger partial charge on any atom is 0.294 e. The molecule has 1 N–H and O–H groups in total. The number of nitro groups is 1. The number of para-hydroxylation sites is 1. The third-order valence-corrected chi connectivity index (χ3v) is 4.26. The minimum absolute atomic E-state index is 0.169. The van der Waals surface area contributed by atoms with Gasteiger partial charge >= 0.3 is 0 Å². The van der Waals surface area contributed by atoms with Gasteiger partial charge in [-0.2, -0.15) is 0 Å². The van der Waals surface area contributed by atoms with Crippen molar-refractivity contribution in [2.24, 2.45) is 0 Å². The number of hydrogen-bond acceptors (Lipinski definition) is 5. The molecular weight excluding hydrogens is 360 g/mol. The topological polar surface area (TPSA) is 99.3 Å². The number of rotatable bonds is 7. The van der Waals surface area contributed by atoms with Crippen LogP contribution in [0.2, 0.25) is 0 Å². The fourth-order valence-corrected chi connectivity index (χ4v) is 2.88. The van der Waals surface area contributed by atoms with Crippen molar-refractivity contribution in [1.29, 1.82) is 0 Å². The van der Waals surface area contributed by atoms with Crippen molar-refractivity contribution >= 4 is 11.6 Å². The fourth-order valence-electron chi connectivity index (χ4n) is 2.88. The molecule has 1 aromatic heterocycles. The lowest BCUT2D eigenvalue weighted by Crippen LogP contribution is -2.28. The Labute approximate surface area is 161 Å². The van der Waals surface area contributed by atoms with Gasteiger partial charge in [0.25, 0.3) is 11.6 Å². The van der Waals surface area contributed by atoms with Crippen molar-refractivity contribution in [3.8, 4) is 11.4 Å². The maximum atomic E-state index is 12.4. The Hall–Kier alpha value is -3.68. The zero-order valence-electron chi connectivity index (χ0n) is 15.6. The summed E-state index contributed by atoms with van der Waals surface area (Å²) >= 11 is 0. The van der Waals surface area contributed by atoms with Gasteiger partial charge in [-0.1, -0.05) is 18.2 Å². The van der Waals surface area contributed by atoms with Crippen molar-refractivity contribution in [3.05, 3.63) is 81.9 Å². The van der Waals surface area contributed by atoms with Crippen LogP contribution in [0.1, 0.15) is 21.5 Å². The zero-order valence-corrected chi connectivity index (χ0v) is 15.6. The Morgan fingerprint density at radius 3 is 2.64 bits per heavy atom. The normalized spacial score (nSPS) is 10.5. The van der Waals surface area contributed by atoms with Crippen LogP contribution in [-0.2, 0) is 0 Å². The van der Waals surface area contributed by atoms with E-state index in [0.29, 0.717) is 12.3 Å². The van der Waals surface area contributed by atoms with Crippen molar-refractivity contribution < 1.29 is 14.5 Å². The van der Waals surface area contributed by atoms with E-state index >= 15 is 0 Å². The second kappa shape index (κ2) is 8.34. The second-order valence-electron chi connectivity index (χ2n) is 6.26. The molecule has 28 heavy (non-hydrogen) atoms. The highest BCUT2D eigenvalue weighted by Crippen LogP contribution is 2.24. The number of imidazole rings is 1. The summed E-state index contributed by atoms with van der Waals surface area (Å²) in [7, 11) is 0. The highest BCUT2D eigenvalue weighted by Gasteiger charge is 2.18. The number of ether oxygens (including phenoxy) is 1. The number of nitrogens with zero attached hydrogens (tertiary/aromatic N) is 3. The lowest BCUT2D eigenvalue weighted by molar-refractivity contribution is -0.384. The fraction of sp³-hybridized carbons (Fsp3) is 0.200. The first-order valence-electron chi connectivity index (χ1n) is 8.71. The first-order valence-corrected chi connectivity index (χ1v) is 8.71. The number of carbonyl (C=O) groups is 1. The second-order valence-corrected chi connectivity index (χ2v) is 6.26. The van der Waals surface area contributed by atoms with Crippen molar-refractivity contribution in [3.63, 3.8) is 0 Å². The van der Waals surface area contributed by atoms with Crippen molar-refractivity contribution in [1.82, 2.24) is 14.9 Å². The summed E-state index contributed by atoms with van der Waals surface area (Å²) in [5, 5.41) is 14.1. The van der Waals surface area contributed by atoms with Crippen molar-refractivity contribution in [2.45, 2.75) is 13.8 Å². The maximum absolute atomic E-state index is 12.4. The van der Waals surface area contributed by atoms with E-state index < -0.39 is 10.8 Å². The molecule has 1 heterocycles. The molecule has 2 aromatic carbocycles. The molecule has 3 rings (SSSR count). The summed E-state index contributed by atoms with van der Waals surface area (Å²) in [6.07, 6.45) is 4.60. The lowest BCUT2D eigenvalue weighted by atomic mass is 10.1. The molecule has 0 bridgehead atoms. The summed E-state index contributed by atoms with van der Waals surface area (Å²) < 4.78 is 7.28. The third kappa shape index (κ3) is 4.17. The third-order valence-electron chi connectivity index (χ3n) is 4.26. The molecule has 0 atom stereocenters. The lowest BCUT2D eigenvalue weighted by Gasteiger charge is -2.12. The van der Waals surface area contributed by atoms with Crippen LogP contribution in [0.5, 0.6) is 5.75 Å². The SMILES string of the molecule is Cc1cccc(C)c1OCCNC(=O)c1ccc(-n2ccnc2)c([N+](=O)[O-])c1. The summed E-state index contributed by atoms with van der Waals surface area (Å²) in [5.74, 6) is 0.405. The average Bonchev–Trinajstić information content (AvgIpc) is 3.21. The molecule has 0 unspecified atom stereocenters. The van der Waals surface area contributed by atoms with Gasteiger partial charge in [-0.15, -0.1) is 0 Å². The first-order chi connectivity index (χ1) is 13.5. The number of carbonyl (C=O) groups excluding carboxylic acids is 1. The largest absolute Gasteiger partial charge is 0.491 e. The van der Waals surface area contributed by atoms with E-state index in [1.54, 1.807) is 12.3 Å². The van der Waals surface area contributed by atoms with Gasteiger partial charge in [-0.25, -0.2) is 4.98 Å². The molecule has 8 nitrogen and oxygen atoms in total. The Balaban J connectivity index is 1.64. The Kier molecular flexibility index (Phi) is 5.69. The summed E-state index contributed by atoms with van der Waals surface area (Å²) in [6, 6.07) is 10.2. The van der Waals surface area contributed by atoms with Crippen LogP contribution in [0.3, 0.4) is 0 Å². The van der Waals surface area contributed by atoms with E-state index in [9.17, 15) is 14.9 Å². The minimum atomic E-state index is -0.518. The number of hydrogen-bond donors (Lipinski definition) is 1. The van der Waals surface area contributed by atoms with Crippen LogP contribution >= 0.6 is 0 Å². The monoisotopic (exact) mass is 380 g/mol. The van der Waals surface area contributed by atoms with E-state index in [1.807, 2.05) is 32.0 Å². The predicted molar refractivity (Wildman–Crippen MR) is 104 cm³/mol. The van der Waals surface area contributed by atoms with Crippen LogP contribution in [0.4, 0.5) is 5.69 Å². The van der Waals surface area contributed by atoms with Crippen LogP contribution in [0.25, 0.3) is 5.69 Å². The number of aryl methyl sites for hydroxylation is 2. The molecule has 8 heteroatoms. The number of nitrogens with one attached hydrogen (secondary N) is 1. The minimum Gasteiger partial charge on any atom is -0.491 e. The van der Waals surface area contributed by atoms with Gasteiger partial charge in [0.1, 0.15) is 18.0 Å². The Bertz CT molecular complexity index is 979. The highest BCUT2D eigenvalue weighted by molar-refractivity contribution is 5.95. The van der Waals surface area contributed by atoms with Crippen LogP contribution in [0.15, 0.2) is 55.1 Å². The molecule has 0 radical (unpaired) electrons. The van der Waals surface area contributed by atoms with E-state index in [-0.39, 0.29) is 17.8 Å². The van der Waals surface area contributed by atoms with Gasteiger partial charge in [-0.05, 0) is 37.1 Å². The van der Waals surface area contributed by atoms with Gasteiger partial charge in [0.05, 0.1) is 17.8 Å². The number of benzene rings is 2. The molecule has 3 aromatic rings. The van der Waals surface area contributed by atoms with Crippen LogP contribution in [0, 0.1) is 24.0 Å². The number of nitro benzene ring substituents is 1. The molecule has 1 amide bonds. The molecule has 144 valence electrons. The van der Waals surface area contributed by atoms with Gasteiger partial charge in [0.2, 0.25) is 0 Å². The molecule has 0 saturated heterocycles. The van der Waals surface area contributed by atoms with E-state index in [0.717, 1.165) is 16.9 Å².